The molecule has 0 aliphatic rings. The first-order chi connectivity index (χ1) is 19.8. The number of aryl methyl sites for hydroxylation is 1. The number of ether oxygens (including phenoxy) is 4. The van der Waals surface area contributed by atoms with Crippen LogP contribution in [-0.2, 0) is 42.6 Å². The Hall–Kier alpha value is -3.97. The molecular formula is C29H33F6NO7. The average Bonchev–Trinajstić information content (AvgIpc) is 2.87. The minimum absolute atomic E-state index is 0.000248. The molecule has 43 heavy (non-hydrogen) atoms. The third kappa shape index (κ3) is 10.4. The van der Waals surface area contributed by atoms with E-state index in [1.165, 1.54) is 38.1 Å². The van der Waals surface area contributed by atoms with Gasteiger partial charge in [0.15, 0.2) is 0 Å². The fourth-order valence-corrected chi connectivity index (χ4v) is 3.84. The lowest BCUT2D eigenvalue weighted by Gasteiger charge is -2.31. The van der Waals surface area contributed by atoms with Crippen molar-refractivity contribution in [3.63, 3.8) is 0 Å². The molecule has 0 fully saturated rings. The number of nitrogens with one attached hydrogen (secondary N) is 1. The number of halogens is 6. The second kappa shape index (κ2) is 14.0. The van der Waals surface area contributed by atoms with Crippen molar-refractivity contribution < 1.29 is 59.7 Å². The van der Waals surface area contributed by atoms with Gasteiger partial charge in [-0.25, -0.2) is 14.4 Å². The van der Waals surface area contributed by atoms with E-state index in [0.29, 0.717) is 17.7 Å². The van der Waals surface area contributed by atoms with Crippen LogP contribution in [0.4, 0.5) is 31.1 Å². The number of benzene rings is 2. The number of alkyl carbamates (subject to hydrolysis) is 1. The van der Waals surface area contributed by atoms with Crippen LogP contribution in [0, 0.1) is 0 Å². The van der Waals surface area contributed by atoms with Crippen LogP contribution in [0.2, 0.25) is 0 Å². The predicted molar refractivity (Wildman–Crippen MR) is 141 cm³/mol. The summed E-state index contributed by atoms with van der Waals surface area (Å²) in [6.07, 6.45) is -11.0. The molecule has 0 atom stereocenters. The van der Waals surface area contributed by atoms with Crippen LogP contribution in [0.1, 0.15) is 64.2 Å². The number of alkyl halides is 6. The molecule has 14 heteroatoms. The molecule has 8 nitrogen and oxygen atoms in total. The van der Waals surface area contributed by atoms with Gasteiger partial charge in [0.05, 0.1) is 24.3 Å². The molecule has 0 heterocycles. The van der Waals surface area contributed by atoms with Gasteiger partial charge in [0.2, 0.25) is 5.54 Å². The first-order valence-electron chi connectivity index (χ1n) is 13.2. The SMILES string of the molecule is CCOC(=O)C(CCCc1ccc(Oc2cc(C(F)(F)F)cc(C(F)(F)F)c2)cc1)(NC(=O)OC(C)(C)C)C(=O)OCC. The van der Waals surface area contributed by atoms with Gasteiger partial charge in [-0.3, -0.25) is 5.32 Å². The monoisotopic (exact) mass is 621 g/mol. The fourth-order valence-electron chi connectivity index (χ4n) is 3.84. The zero-order chi connectivity index (χ0) is 32.6. The molecule has 0 unspecified atom stereocenters. The van der Waals surface area contributed by atoms with Crippen LogP contribution in [0.25, 0.3) is 0 Å². The first-order valence-corrected chi connectivity index (χ1v) is 13.2. The van der Waals surface area contributed by atoms with Crippen LogP contribution >= 0.6 is 0 Å². The van der Waals surface area contributed by atoms with Crippen LogP contribution in [0.3, 0.4) is 0 Å². The van der Waals surface area contributed by atoms with Crippen molar-refractivity contribution >= 4 is 18.0 Å². The molecule has 0 saturated carbocycles. The molecule has 2 rings (SSSR count). The molecular weight excluding hydrogens is 588 g/mol. The van der Waals surface area contributed by atoms with Gasteiger partial charge < -0.3 is 18.9 Å². The van der Waals surface area contributed by atoms with Gasteiger partial charge in [-0.2, -0.15) is 26.3 Å². The predicted octanol–water partition coefficient (Wildman–Crippen LogP) is 7.23. The Labute approximate surface area is 244 Å². The molecule has 238 valence electrons. The van der Waals surface area contributed by atoms with Gasteiger partial charge in [0.25, 0.3) is 0 Å². The molecule has 0 bridgehead atoms. The lowest BCUT2D eigenvalue weighted by atomic mass is 9.91. The molecule has 0 radical (unpaired) electrons. The van der Waals surface area contributed by atoms with Gasteiger partial charge in [-0.15, -0.1) is 0 Å². The Morgan fingerprint density at radius 2 is 1.23 bits per heavy atom. The number of carbonyl (C=O) groups excluding carboxylic acids is 3. The van der Waals surface area contributed by atoms with Crippen molar-refractivity contribution in [1.82, 2.24) is 5.32 Å². The summed E-state index contributed by atoms with van der Waals surface area (Å²) in [5.74, 6) is -2.77. The second-order valence-electron chi connectivity index (χ2n) is 10.3. The number of amides is 1. The summed E-state index contributed by atoms with van der Waals surface area (Å²) >= 11 is 0. The van der Waals surface area contributed by atoms with Crippen LogP contribution in [0.15, 0.2) is 42.5 Å². The number of hydrogen-bond acceptors (Lipinski definition) is 7. The summed E-state index contributed by atoms with van der Waals surface area (Å²) in [6.45, 7) is 7.65. The van der Waals surface area contributed by atoms with Crippen molar-refractivity contribution in [3.05, 3.63) is 59.2 Å². The second-order valence-corrected chi connectivity index (χ2v) is 10.3. The fraction of sp³-hybridized carbons (Fsp3) is 0.483. The summed E-state index contributed by atoms with van der Waals surface area (Å²) in [4.78, 5) is 38.5. The molecule has 0 aliphatic carbocycles. The highest BCUT2D eigenvalue weighted by Crippen LogP contribution is 2.39. The van der Waals surface area contributed by atoms with E-state index in [0.717, 1.165) is 0 Å². The van der Waals surface area contributed by atoms with E-state index in [-0.39, 0.29) is 44.3 Å². The van der Waals surface area contributed by atoms with Crippen LogP contribution in [-0.4, -0.2) is 42.4 Å². The Morgan fingerprint density at radius 3 is 1.65 bits per heavy atom. The summed E-state index contributed by atoms with van der Waals surface area (Å²) in [7, 11) is 0. The average molecular weight is 622 g/mol. The highest BCUT2D eigenvalue weighted by Gasteiger charge is 2.50. The maximum atomic E-state index is 13.1. The first kappa shape index (κ1) is 35.2. The van der Waals surface area contributed by atoms with Gasteiger partial charge >= 0.3 is 30.4 Å². The molecule has 2 aromatic rings. The Bertz CT molecular complexity index is 1220. The van der Waals surface area contributed by atoms with Gasteiger partial charge in [0, 0.05) is 0 Å². The van der Waals surface area contributed by atoms with Crippen molar-refractivity contribution in [2.75, 3.05) is 13.2 Å². The van der Waals surface area contributed by atoms with E-state index < -0.39 is 58.4 Å². The largest absolute Gasteiger partial charge is 0.464 e. The molecule has 1 N–H and O–H groups in total. The zero-order valence-electron chi connectivity index (χ0n) is 24.2. The van der Waals surface area contributed by atoms with Gasteiger partial charge in [-0.1, -0.05) is 12.1 Å². The quantitative estimate of drug-likeness (QED) is 0.122. The van der Waals surface area contributed by atoms with E-state index in [1.54, 1.807) is 20.8 Å². The third-order valence-electron chi connectivity index (χ3n) is 5.70. The van der Waals surface area contributed by atoms with E-state index in [2.05, 4.69) is 5.32 Å². The molecule has 0 aliphatic heterocycles. The topological polar surface area (TPSA) is 100 Å². The number of carbonyl (C=O) groups is 3. The Kier molecular flexibility index (Phi) is 11.5. The summed E-state index contributed by atoms with van der Waals surface area (Å²) < 4.78 is 99.5. The highest BCUT2D eigenvalue weighted by atomic mass is 19.4. The lowest BCUT2D eigenvalue weighted by Crippen LogP contribution is -2.62. The molecule has 0 spiro atoms. The van der Waals surface area contributed by atoms with Gasteiger partial charge in [-0.05, 0) is 89.8 Å². The van der Waals surface area contributed by atoms with Crippen molar-refractivity contribution in [2.24, 2.45) is 0 Å². The van der Waals surface area contributed by atoms with Crippen molar-refractivity contribution in [1.29, 1.82) is 0 Å². The van der Waals surface area contributed by atoms with E-state index >= 15 is 0 Å². The molecule has 1 amide bonds. The molecule has 0 aromatic heterocycles. The lowest BCUT2D eigenvalue weighted by molar-refractivity contribution is -0.166. The summed E-state index contributed by atoms with van der Waals surface area (Å²) in [6, 6.07) is 6.62. The smallest absolute Gasteiger partial charge is 0.416 e. The van der Waals surface area contributed by atoms with Crippen LogP contribution in [0.5, 0.6) is 11.5 Å². The molecule has 2 aromatic carbocycles. The van der Waals surface area contributed by atoms with Crippen molar-refractivity contribution in [2.45, 2.75) is 77.4 Å². The third-order valence-corrected chi connectivity index (χ3v) is 5.70. The maximum Gasteiger partial charge on any atom is 0.416 e. The molecule has 0 saturated heterocycles. The van der Waals surface area contributed by atoms with Gasteiger partial charge in [0.1, 0.15) is 17.1 Å². The minimum Gasteiger partial charge on any atom is -0.464 e. The zero-order valence-corrected chi connectivity index (χ0v) is 24.2. The summed E-state index contributed by atoms with van der Waals surface area (Å²) in [5.41, 5.74) is -5.56. The van der Waals surface area contributed by atoms with E-state index in [1.807, 2.05) is 0 Å². The Balaban J connectivity index is 2.24. The Morgan fingerprint density at radius 1 is 0.744 bits per heavy atom. The number of hydrogen-bond donors (Lipinski definition) is 1. The highest BCUT2D eigenvalue weighted by molar-refractivity contribution is 6.07. The van der Waals surface area contributed by atoms with E-state index in [4.69, 9.17) is 18.9 Å². The van der Waals surface area contributed by atoms with Crippen LogP contribution < -0.4 is 10.1 Å². The number of esters is 2. The van der Waals surface area contributed by atoms with Crippen molar-refractivity contribution in [3.8, 4) is 11.5 Å². The normalized spacial score (nSPS) is 12.3. The standard InChI is InChI=1S/C29H33F6NO7/c1-6-40-23(37)27(24(38)41-7-2,36-25(39)43-26(3,4)5)14-8-9-18-10-12-21(13-11-18)42-22-16-19(28(30,31)32)15-20(17-22)29(33,34)35/h10-13,15-17H,6-9,14H2,1-5H3,(H,36,39). The minimum atomic E-state index is -5.02. The number of rotatable bonds is 11. The van der Waals surface area contributed by atoms with E-state index in [9.17, 15) is 40.7 Å². The maximum absolute atomic E-state index is 13.1. The summed E-state index contributed by atoms with van der Waals surface area (Å²) in [5, 5.41) is 2.32.